The Labute approximate surface area is 122 Å². The van der Waals surface area contributed by atoms with Crippen LogP contribution in [-0.2, 0) is 11.1 Å². The van der Waals surface area contributed by atoms with Crippen LogP contribution < -0.4 is 0 Å². The van der Waals surface area contributed by atoms with Gasteiger partial charge in [0.05, 0.1) is 10.8 Å². The predicted octanol–water partition coefficient (Wildman–Crippen LogP) is 3.93. The van der Waals surface area contributed by atoms with E-state index in [1.807, 2.05) is 0 Å². The fourth-order valence-electron chi connectivity index (χ4n) is 2.27. The molecule has 0 aromatic heterocycles. The summed E-state index contributed by atoms with van der Waals surface area (Å²) in [5.74, 6) is -0.973. The lowest BCUT2D eigenvalue weighted by molar-refractivity contribution is 0.0696. The van der Waals surface area contributed by atoms with Crippen molar-refractivity contribution in [3.63, 3.8) is 0 Å². The van der Waals surface area contributed by atoms with Crippen molar-refractivity contribution in [2.75, 3.05) is 0 Å². The van der Waals surface area contributed by atoms with Gasteiger partial charge in [0.2, 0.25) is 0 Å². The molecule has 0 aliphatic heterocycles. The Morgan fingerprint density at radius 2 is 2.00 bits per heavy atom. The summed E-state index contributed by atoms with van der Waals surface area (Å²) in [6, 6.07) is 4.87. The highest BCUT2D eigenvalue weighted by Gasteiger charge is 2.19. The van der Waals surface area contributed by atoms with E-state index in [1.54, 1.807) is 19.1 Å². The van der Waals surface area contributed by atoms with Crippen LogP contribution in [0, 0.1) is 6.92 Å². The largest absolute Gasteiger partial charge is 0.478 e. The molecule has 0 bridgehead atoms. The van der Waals surface area contributed by atoms with Crippen molar-refractivity contribution in [2.45, 2.75) is 51.2 Å². The van der Waals surface area contributed by atoms with Crippen molar-refractivity contribution < 1.29 is 18.7 Å². The Morgan fingerprint density at radius 1 is 1.30 bits per heavy atom. The monoisotopic (exact) mass is 298 g/mol. The van der Waals surface area contributed by atoms with E-state index in [0.717, 1.165) is 31.2 Å². The van der Waals surface area contributed by atoms with Crippen LogP contribution in [0.1, 0.15) is 65.8 Å². The second-order valence-electron chi connectivity index (χ2n) is 4.99. The molecule has 20 heavy (non-hydrogen) atoms. The second-order valence-corrected chi connectivity index (χ2v) is 6.12. The first-order valence-corrected chi connectivity index (χ1v) is 8.07. The van der Waals surface area contributed by atoms with Gasteiger partial charge < -0.3 is 9.66 Å². The summed E-state index contributed by atoms with van der Waals surface area (Å²) in [5.41, 5.74) is 1.60. The third kappa shape index (κ3) is 4.72. The molecule has 0 amide bonds. The number of unbranched alkanes of at least 4 members (excludes halogenated alkanes) is 3. The maximum absolute atomic E-state index is 11.5. The minimum Gasteiger partial charge on any atom is -0.478 e. The molecule has 0 spiro atoms. The van der Waals surface area contributed by atoms with Gasteiger partial charge in [0.25, 0.3) is 0 Å². The van der Waals surface area contributed by atoms with Crippen LogP contribution >= 0.6 is 0 Å². The fraction of sp³-hybridized carbons (Fsp3) is 0.533. The lowest BCUT2D eigenvalue weighted by atomic mass is 10.00. The van der Waals surface area contributed by atoms with Gasteiger partial charge in [-0.15, -0.1) is 0 Å². The van der Waals surface area contributed by atoms with E-state index < -0.39 is 22.3 Å². The molecule has 2 N–H and O–H groups in total. The normalized spacial score (nSPS) is 13.9. The zero-order valence-corrected chi connectivity index (χ0v) is 12.8. The molecule has 2 atom stereocenters. The lowest BCUT2D eigenvalue weighted by Crippen LogP contribution is -2.08. The Kier molecular flexibility index (Phi) is 6.88. The molecular weight excluding hydrogens is 276 g/mol. The average Bonchev–Trinajstić information content (AvgIpc) is 2.37. The molecule has 112 valence electrons. The SMILES string of the molecule is CCCCCCC(c1ccc(C(=O)O)c(C)c1)S(=O)O. The highest BCUT2D eigenvalue weighted by molar-refractivity contribution is 7.79. The van der Waals surface area contributed by atoms with Gasteiger partial charge in [0, 0.05) is 0 Å². The summed E-state index contributed by atoms with van der Waals surface area (Å²) in [6.07, 6.45) is 4.86. The number of carbonyl (C=O) groups is 1. The molecule has 0 aliphatic carbocycles. The predicted molar refractivity (Wildman–Crippen MR) is 80.4 cm³/mol. The first-order chi connectivity index (χ1) is 9.47. The molecule has 0 aliphatic rings. The molecule has 5 heteroatoms. The Balaban J connectivity index is 2.84. The molecule has 0 saturated carbocycles. The number of hydrogen-bond acceptors (Lipinski definition) is 2. The van der Waals surface area contributed by atoms with Crippen molar-refractivity contribution in [1.29, 1.82) is 0 Å². The second kappa shape index (κ2) is 8.17. The lowest BCUT2D eigenvalue weighted by Gasteiger charge is -2.15. The standard InChI is InChI=1S/C15H22O4S/c1-3-4-5-6-7-14(20(18)19)12-8-9-13(15(16)17)11(2)10-12/h8-10,14H,3-7H2,1-2H3,(H,16,17)(H,18,19). The number of carboxylic acid groups (broad SMARTS) is 1. The van der Waals surface area contributed by atoms with Crippen LogP contribution in [0.5, 0.6) is 0 Å². The van der Waals surface area contributed by atoms with E-state index >= 15 is 0 Å². The molecule has 1 rings (SSSR count). The summed E-state index contributed by atoms with van der Waals surface area (Å²) in [5, 5.41) is 8.56. The smallest absolute Gasteiger partial charge is 0.335 e. The van der Waals surface area contributed by atoms with E-state index in [-0.39, 0.29) is 5.56 Å². The van der Waals surface area contributed by atoms with Crippen molar-refractivity contribution >= 4 is 17.0 Å². The van der Waals surface area contributed by atoms with Gasteiger partial charge in [0.1, 0.15) is 0 Å². The highest BCUT2D eigenvalue weighted by Crippen LogP contribution is 2.27. The molecule has 1 aromatic carbocycles. The first kappa shape index (κ1) is 16.9. The van der Waals surface area contributed by atoms with E-state index in [0.29, 0.717) is 12.0 Å². The van der Waals surface area contributed by atoms with Gasteiger partial charge in [-0.3, -0.25) is 0 Å². The third-order valence-corrected chi connectivity index (χ3v) is 4.41. The highest BCUT2D eigenvalue weighted by atomic mass is 32.2. The van der Waals surface area contributed by atoms with Gasteiger partial charge in [-0.25, -0.2) is 9.00 Å². The van der Waals surface area contributed by atoms with Crippen LogP contribution in [0.25, 0.3) is 0 Å². The zero-order chi connectivity index (χ0) is 15.1. The summed E-state index contributed by atoms with van der Waals surface area (Å²) in [4.78, 5) is 11.0. The molecule has 2 unspecified atom stereocenters. The summed E-state index contributed by atoms with van der Waals surface area (Å²) >= 11 is -1.93. The maximum Gasteiger partial charge on any atom is 0.335 e. The minimum atomic E-state index is -1.93. The van der Waals surface area contributed by atoms with Crippen molar-refractivity contribution in [3.05, 3.63) is 34.9 Å². The van der Waals surface area contributed by atoms with Crippen molar-refractivity contribution in [3.8, 4) is 0 Å². The number of rotatable bonds is 8. The van der Waals surface area contributed by atoms with Gasteiger partial charge in [-0.05, 0) is 30.5 Å². The van der Waals surface area contributed by atoms with Crippen LogP contribution in [0.4, 0.5) is 0 Å². The molecule has 1 aromatic rings. The Morgan fingerprint density at radius 3 is 2.50 bits per heavy atom. The molecular formula is C15H22O4S. The summed E-state index contributed by atoms with van der Waals surface area (Å²) in [7, 11) is 0. The van der Waals surface area contributed by atoms with E-state index in [1.165, 1.54) is 6.07 Å². The Bertz CT molecular complexity index is 485. The Hall–Kier alpha value is -1.20. The van der Waals surface area contributed by atoms with E-state index in [4.69, 9.17) is 5.11 Å². The number of aryl methyl sites for hydroxylation is 1. The van der Waals surface area contributed by atoms with Crippen LogP contribution in [0.3, 0.4) is 0 Å². The molecule has 0 saturated heterocycles. The number of benzene rings is 1. The minimum absolute atomic E-state index is 0.238. The number of hydrogen-bond donors (Lipinski definition) is 2. The quantitative estimate of drug-likeness (QED) is 0.563. The molecule has 0 radical (unpaired) electrons. The van der Waals surface area contributed by atoms with Gasteiger partial charge >= 0.3 is 5.97 Å². The van der Waals surface area contributed by atoms with E-state index in [9.17, 15) is 13.6 Å². The van der Waals surface area contributed by atoms with Crippen LogP contribution in [0.15, 0.2) is 18.2 Å². The summed E-state index contributed by atoms with van der Waals surface area (Å²) < 4.78 is 20.9. The number of carboxylic acids is 1. The van der Waals surface area contributed by atoms with Crippen LogP contribution in [-0.4, -0.2) is 19.8 Å². The molecule has 0 heterocycles. The fourth-order valence-corrected chi connectivity index (χ4v) is 3.02. The number of aromatic carboxylic acids is 1. The average molecular weight is 298 g/mol. The van der Waals surface area contributed by atoms with Gasteiger partial charge in [-0.2, -0.15) is 0 Å². The van der Waals surface area contributed by atoms with Crippen LogP contribution in [0.2, 0.25) is 0 Å². The molecule has 4 nitrogen and oxygen atoms in total. The first-order valence-electron chi connectivity index (χ1n) is 6.90. The van der Waals surface area contributed by atoms with Gasteiger partial charge in [0.15, 0.2) is 11.1 Å². The van der Waals surface area contributed by atoms with Crippen molar-refractivity contribution in [2.24, 2.45) is 0 Å². The zero-order valence-electron chi connectivity index (χ0n) is 12.0. The van der Waals surface area contributed by atoms with Gasteiger partial charge in [-0.1, -0.05) is 44.7 Å². The van der Waals surface area contributed by atoms with E-state index in [2.05, 4.69) is 6.92 Å². The topological polar surface area (TPSA) is 74.6 Å². The maximum atomic E-state index is 11.5. The summed E-state index contributed by atoms with van der Waals surface area (Å²) in [6.45, 7) is 3.83. The van der Waals surface area contributed by atoms with Crippen molar-refractivity contribution in [1.82, 2.24) is 0 Å². The molecule has 0 fully saturated rings. The third-order valence-electron chi connectivity index (χ3n) is 3.42.